The van der Waals surface area contributed by atoms with Crippen LogP contribution in [-0.2, 0) is 40.1 Å². The van der Waals surface area contributed by atoms with Crippen molar-refractivity contribution in [1.29, 1.82) is 5.26 Å². The number of nitriles is 1. The molecule has 16 aromatic rings. The summed E-state index contributed by atoms with van der Waals surface area (Å²) in [5.41, 5.74) is 11.7. The van der Waals surface area contributed by atoms with E-state index in [0.29, 0.717) is 27.5 Å². The third kappa shape index (κ3) is 23.6. The van der Waals surface area contributed by atoms with Crippen LogP contribution in [0, 0.1) is 21.4 Å². The maximum atomic E-state index is 13.2. The second kappa shape index (κ2) is 43.4. The number of fused-ring (bicyclic) bond motifs is 4. The molecule has 142 heavy (non-hydrogen) atoms. The summed E-state index contributed by atoms with van der Waals surface area (Å²) >= 11 is 51.6. The second-order valence-electron chi connectivity index (χ2n) is 28.8. The quantitative estimate of drug-likeness (QED) is 0.0221. The molecule has 8 aromatic heterocycles. The SMILES string of the molecule is CNc1ccc2c(=O)n(-c3ccc(NC(=O)NS(=O)(=O)c4ccc(Cl)s4)cc3Cl)cc(C#N)c2c1.CNc1ccc2c(=O)n(-c3ccc(NC(=O)NS(=O)(=O)c4ccc(Cl)s4)cc3Cl)cc(C(N)=O)c2c1.CNc1ccc2c(=O)n(-c3ccc(NC(=O)NS(=O)(=O)c4ccc(Cl)s4)cc3Cl)cc([N+](=O)[O-])c2c1.NC(=O)c1c(O)c2ccccc2c(=O)n1-c1ccc(NC(=O)NS(=O)(=O)c2ccc(Cl)s2)cc1Cl. The molecule has 0 saturated heterocycles. The molecule has 0 atom stereocenters. The van der Waals surface area contributed by atoms with E-state index >= 15 is 0 Å². The van der Waals surface area contributed by atoms with Crippen LogP contribution in [0.2, 0.25) is 37.4 Å². The van der Waals surface area contributed by atoms with Crippen molar-refractivity contribution < 1.29 is 72.5 Å². The van der Waals surface area contributed by atoms with Gasteiger partial charge in [0, 0.05) is 100 Å². The molecule has 56 heteroatoms. The molecule has 0 fully saturated rings. The first-order valence-corrected chi connectivity index (χ1v) is 51.5. The van der Waals surface area contributed by atoms with Crippen LogP contribution in [0.1, 0.15) is 26.4 Å². The minimum absolute atomic E-state index is 0.00155. The summed E-state index contributed by atoms with van der Waals surface area (Å²) in [7, 11) is -11.4. The largest absolute Gasteiger partial charge is 0.505 e. The van der Waals surface area contributed by atoms with E-state index < -0.39 is 109 Å². The van der Waals surface area contributed by atoms with E-state index in [-0.39, 0.29) is 149 Å². The smallest absolute Gasteiger partial charge is 0.333 e. The van der Waals surface area contributed by atoms with E-state index in [1.807, 2.05) is 18.9 Å². The molecule has 0 spiro atoms. The number of rotatable bonds is 22. The zero-order chi connectivity index (χ0) is 103. The van der Waals surface area contributed by atoms with E-state index in [1.165, 1.54) is 167 Å². The van der Waals surface area contributed by atoms with E-state index in [0.717, 1.165) is 66.4 Å². The van der Waals surface area contributed by atoms with Crippen molar-refractivity contribution in [2.45, 2.75) is 16.8 Å². The Hall–Kier alpha value is -14.4. The molecular formula is C86H61Cl8N19O21S8. The molecule has 40 nitrogen and oxygen atoms in total. The molecule has 0 aliphatic carbocycles. The van der Waals surface area contributed by atoms with E-state index in [2.05, 4.69) is 43.3 Å². The highest BCUT2D eigenvalue weighted by molar-refractivity contribution is 7.93. The number of sulfonamides is 4. The summed E-state index contributed by atoms with van der Waals surface area (Å²) in [4.78, 5) is 137. The lowest BCUT2D eigenvalue weighted by molar-refractivity contribution is -0.383. The number of hydrogen-bond donors (Lipinski definition) is 14. The normalized spacial score (nSPS) is 11.3. The number of halogens is 8. The van der Waals surface area contributed by atoms with Crippen LogP contribution in [0.5, 0.6) is 5.75 Å². The highest BCUT2D eigenvalue weighted by atomic mass is 35.5. The molecule has 0 unspecified atom stereocenters. The van der Waals surface area contributed by atoms with Crippen LogP contribution in [0.15, 0.2) is 255 Å². The van der Waals surface area contributed by atoms with Gasteiger partial charge < -0.3 is 53.8 Å². The Bertz CT molecular complexity index is 8530. The van der Waals surface area contributed by atoms with Gasteiger partial charge in [0.15, 0.2) is 11.4 Å². The Balaban J connectivity index is 0.000000159. The lowest BCUT2D eigenvalue weighted by Crippen LogP contribution is -2.34. The average molecular weight is 2240 g/mol. The summed E-state index contributed by atoms with van der Waals surface area (Å²) in [6.45, 7) is 0. The van der Waals surface area contributed by atoms with Gasteiger partial charge in [0.25, 0.3) is 79.8 Å². The number of aromatic hydroxyl groups is 1. The first-order valence-electron chi connectivity index (χ1n) is 39.3. The number of anilines is 7. The van der Waals surface area contributed by atoms with Crippen molar-refractivity contribution in [3.63, 3.8) is 0 Å². The van der Waals surface area contributed by atoms with Crippen molar-refractivity contribution in [3.8, 4) is 34.6 Å². The number of thiophene rings is 4. The third-order valence-electron chi connectivity index (χ3n) is 19.8. The van der Waals surface area contributed by atoms with Gasteiger partial charge in [0.05, 0.1) is 98.6 Å². The number of nitro groups is 1. The number of nitrogens with one attached hydrogen (secondary N) is 11. The Morgan fingerprint density at radius 2 is 0.676 bits per heavy atom. The lowest BCUT2D eigenvalue weighted by Gasteiger charge is -2.16. The minimum atomic E-state index is -4.15. The van der Waals surface area contributed by atoms with Gasteiger partial charge in [0.1, 0.15) is 22.9 Å². The van der Waals surface area contributed by atoms with Gasteiger partial charge in [0.2, 0.25) is 0 Å². The molecule has 0 saturated carbocycles. The first kappa shape index (κ1) is 105. The predicted molar refractivity (Wildman–Crippen MR) is 552 cm³/mol. The van der Waals surface area contributed by atoms with Crippen molar-refractivity contribution in [2.24, 2.45) is 11.5 Å². The summed E-state index contributed by atoms with van der Waals surface area (Å²) in [6, 6.07) is 45.5. The number of carbonyl (C=O) groups excluding carboxylic acids is 6. The molecule has 8 aromatic carbocycles. The van der Waals surface area contributed by atoms with Crippen LogP contribution in [-0.4, -0.2) is 119 Å². The second-order valence-corrected chi connectivity index (χ2v) is 44.9. The molecular weight excluding hydrogens is 2180 g/mol. The average Bonchev–Trinajstić information content (AvgIpc) is 1.44. The maximum absolute atomic E-state index is 13.2. The standard InChI is InChI=1S/C22H17Cl2N5O5S2.C22H15Cl2N5O4S2.C21H15Cl2N5O6S2.C21H14Cl2N4O6S2/c1-26-11-2-4-13-14(8-11)15(20(25)30)10-29(21(13)31)17-5-3-12(9-16(17)23)27-22(32)28-36(33,34)19-7-6-18(24)35-19;1-26-13-2-4-15-16(8-13)12(10-25)11-29(21(15)30)18-5-3-14(9-17(18)23)27-22(31)28-35(32,33)20-7-6-19(24)34-20;1-24-11-2-4-13-14(8-11)17(28(31)32)10-27(20(13)29)16-5-3-12(9-15(16)22)25-21(30)26-36(33,34)19-7-6-18(23)35-19;22-13-9-10(25-21(31)26-35(32,33)16-8-7-15(23)34-16)5-6-14(13)27-17(19(24)29)18(28)11-3-1-2-4-12(11)20(27)30/h2-10,26H,1H3,(H2,25,30)(H2,27,28,32);2-9,11,26H,1H3,(H2,27,28,31);2-10,24H,1H3,(H2,25,26,30);1-9,28H,(H2,24,29)(H2,25,26,31). The lowest BCUT2D eigenvalue weighted by atomic mass is 10.1. The number of nitrogens with zero attached hydrogens (tertiary/aromatic N) is 6. The van der Waals surface area contributed by atoms with Gasteiger partial charge in [-0.1, -0.05) is 111 Å². The molecule has 730 valence electrons. The van der Waals surface area contributed by atoms with E-state index in [1.54, 1.807) is 75.7 Å². The summed E-state index contributed by atoms with van der Waals surface area (Å²) < 4.78 is 111. The molecule has 0 bridgehead atoms. The van der Waals surface area contributed by atoms with Gasteiger partial charge in [-0.25, -0.2) is 71.7 Å². The number of benzene rings is 8. The molecule has 0 aliphatic rings. The molecule has 8 heterocycles. The Morgan fingerprint density at radius 3 is 0.993 bits per heavy atom. The van der Waals surface area contributed by atoms with E-state index in [9.17, 15) is 102 Å². The van der Waals surface area contributed by atoms with Gasteiger partial charge in [-0.2, -0.15) is 5.26 Å². The van der Waals surface area contributed by atoms with Crippen molar-refractivity contribution >= 4 is 303 Å². The van der Waals surface area contributed by atoms with Crippen LogP contribution >= 0.6 is 138 Å². The number of carbonyl (C=O) groups is 6. The topological polar surface area (TPSA) is 599 Å². The zero-order valence-electron chi connectivity index (χ0n) is 71.5. The Morgan fingerprint density at radius 1 is 0.373 bits per heavy atom. The number of primary amides is 2. The molecule has 0 aliphatic heterocycles. The number of hydrogen-bond acceptors (Lipinski definition) is 29. The summed E-state index contributed by atoms with van der Waals surface area (Å²) in [5.74, 6) is -2.30. The fourth-order valence-electron chi connectivity index (χ4n) is 13.4. The highest BCUT2D eigenvalue weighted by Crippen LogP contribution is 2.38. The summed E-state index contributed by atoms with van der Waals surface area (Å²) in [5, 5.41) is 52.2. The van der Waals surface area contributed by atoms with Crippen LogP contribution in [0.4, 0.5) is 64.7 Å². The van der Waals surface area contributed by atoms with Gasteiger partial charge in [-0.05, 0) is 182 Å². The number of urea groups is 4. The highest BCUT2D eigenvalue weighted by Gasteiger charge is 2.30. The number of amides is 10. The summed E-state index contributed by atoms with van der Waals surface area (Å²) in [6.07, 6.45) is 3.76. The maximum Gasteiger partial charge on any atom is 0.333 e. The van der Waals surface area contributed by atoms with Crippen LogP contribution in [0.3, 0.4) is 0 Å². The minimum Gasteiger partial charge on any atom is -0.505 e. The number of pyridine rings is 4. The first-order chi connectivity index (χ1) is 67.1. The third-order valence-corrected chi connectivity index (χ3v) is 33.2. The number of nitrogens with two attached hydrogens (primary N) is 2. The van der Waals surface area contributed by atoms with Gasteiger partial charge >= 0.3 is 24.1 Å². The predicted octanol–water partition coefficient (Wildman–Crippen LogP) is 17.3. The molecule has 0 radical (unpaired) electrons. The van der Waals surface area contributed by atoms with Crippen molar-refractivity contribution in [1.82, 2.24) is 37.2 Å². The van der Waals surface area contributed by atoms with Crippen molar-refractivity contribution in [2.75, 3.05) is 58.4 Å². The van der Waals surface area contributed by atoms with Crippen LogP contribution in [0.25, 0.3) is 65.8 Å². The Kier molecular flexibility index (Phi) is 32.1. The van der Waals surface area contributed by atoms with Gasteiger partial charge in [-0.15, -0.1) is 45.3 Å². The Labute approximate surface area is 855 Å². The fourth-order valence-corrected chi connectivity index (χ4v) is 24.1. The monoisotopic (exact) mass is 2230 g/mol. The van der Waals surface area contributed by atoms with Gasteiger partial charge in [-0.3, -0.25) is 57.1 Å². The van der Waals surface area contributed by atoms with E-state index in [4.69, 9.17) is 104 Å². The fraction of sp³-hybridized carbons (Fsp3) is 0.0349. The van der Waals surface area contributed by atoms with Crippen molar-refractivity contribution in [3.05, 3.63) is 325 Å². The zero-order valence-corrected chi connectivity index (χ0v) is 84.1. The molecule has 10 amide bonds. The molecule has 16 rings (SSSR count). The number of aromatic nitrogens is 4. The van der Waals surface area contributed by atoms with Crippen LogP contribution < -0.4 is 89.8 Å². The molecule has 16 N–H and O–H groups in total.